The Balaban J connectivity index is 1.26. The largest absolute Gasteiger partial charge is 0.469 e. The second-order valence-electron chi connectivity index (χ2n) is 14.1. The van der Waals surface area contributed by atoms with Gasteiger partial charge in [0.2, 0.25) is 0 Å². The van der Waals surface area contributed by atoms with Crippen molar-refractivity contribution in [2.75, 3.05) is 7.11 Å². The monoisotopic (exact) mass is 538 g/mol. The highest BCUT2D eigenvalue weighted by atomic mass is 16.5. The maximum Gasteiger partial charge on any atom is 0.305 e. The maximum atomic E-state index is 13.2. The molecule has 39 heavy (non-hydrogen) atoms. The molecule has 1 aromatic carbocycles. The number of methoxy groups -OCH3 is 1. The third kappa shape index (κ3) is 5.01. The summed E-state index contributed by atoms with van der Waals surface area (Å²) in [5.74, 6) is 3.71. The molecule has 5 nitrogen and oxygen atoms in total. The van der Waals surface area contributed by atoms with Gasteiger partial charge in [0.05, 0.1) is 19.8 Å². The van der Waals surface area contributed by atoms with E-state index in [1.54, 1.807) is 0 Å². The van der Waals surface area contributed by atoms with Crippen molar-refractivity contribution >= 4 is 11.8 Å². The van der Waals surface area contributed by atoms with Gasteiger partial charge in [-0.3, -0.25) is 9.59 Å². The molecule has 2 N–H and O–H groups in total. The molecule has 10 atom stereocenters. The zero-order valence-corrected chi connectivity index (χ0v) is 24.5. The Labute approximate surface area is 235 Å². The number of Topliss-reactive ketones (excluding diaryl/α,β-unsaturated/α-hetero) is 1. The van der Waals surface area contributed by atoms with Gasteiger partial charge in [0.1, 0.15) is 0 Å². The first kappa shape index (κ1) is 28.8. The van der Waals surface area contributed by atoms with Gasteiger partial charge in [0, 0.05) is 18.4 Å². The Hall–Kier alpha value is -1.72. The summed E-state index contributed by atoms with van der Waals surface area (Å²) >= 11 is 0. The predicted octanol–water partition coefficient (Wildman–Crippen LogP) is 6.59. The van der Waals surface area contributed by atoms with Crippen LogP contribution in [0.2, 0.25) is 0 Å². The highest BCUT2D eigenvalue weighted by molar-refractivity contribution is 5.97. The van der Waals surface area contributed by atoms with Crippen molar-refractivity contribution in [2.45, 2.75) is 104 Å². The van der Waals surface area contributed by atoms with E-state index < -0.39 is 0 Å². The topological polar surface area (TPSA) is 83.8 Å². The number of aliphatic hydroxyl groups excluding tert-OH is 2. The number of fused-ring (bicyclic) bond motifs is 5. The molecule has 0 aliphatic heterocycles. The minimum absolute atomic E-state index is 0.0659. The lowest BCUT2D eigenvalue weighted by atomic mass is 9.43. The molecule has 0 spiro atoms. The highest BCUT2D eigenvalue weighted by Gasteiger charge is 2.63. The van der Waals surface area contributed by atoms with Crippen LogP contribution < -0.4 is 0 Å². The van der Waals surface area contributed by atoms with Gasteiger partial charge in [-0.2, -0.15) is 0 Å². The van der Waals surface area contributed by atoms with Crippen LogP contribution in [0, 0.1) is 52.3 Å². The fourth-order valence-electron chi connectivity index (χ4n) is 10.4. The zero-order valence-electron chi connectivity index (χ0n) is 24.5. The smallest absolute Gasteiger partial charge is 0.305 e. The molecule has 0 heterocycles. The van der Waals surface area contributed by atoms with Crippen LogP contribution in [0.25, 0.3) is 0 Å². The van der Waals surface area contributed by atoms with Crippen LogP contribution in [0.1, 0.15) is 107 Å². The Morgan fingerprint density at radius 3 is 2.56 bits per heavy atom. The van der Waals surface area contributed by atoms with Gasteiger partial charge in [-0.1, -0.05) is 45.0 Å². The van der Waals surface area contributed by atoms with Crippen LogP contribution in [-0.2, 0) is 16.1 Å². The van der Waals surface area contributed by atoms with Crippen molar-refractivity contribution in [1.29, 1.82) is 0 Å². The van der Waals surface area contributed by atoms with E-state index in [1.807, 2.05) is 24.3 Å². The normalized spacial score (nSPS) is 40.2. The second-order valence-corrected chi connectivity index (χ2v) is 14.1. The molecule has 4 aliphatic rings. The number of carbonyl (C=O) groups excluding carboxylic acids is 2. The van der Waals surface area contributed by atoms with Crippen LogP contribution in [-0.4, -0.2) is 35.2 Å². The molecule has 0 aromatic heterocycles. The molecule has 0 saturated heterocycles. The SMILES string of the molecule is COC(=O)CCC(C)C1CCC2C3CCC4CC(CC(=O)c5ccccc5CO)CCC4(C)C3CC(O)C12C. The number of ether oxygens (including phenoxy) is 1. The van der Waals surface area contributed by atoms with Gasteiger partial charge in [-0.15, -0.1) is 0 Å². The lowest BCUT2D eigenvalue weighted by Crippen LogP contribution is -2.58. The highest BCUT2D eigenvalue weighted by Crippen LogP contribution is 2.68. The second kappa shape index (κ2) is 11.3. The van der Waals surface area contributed by atoms with Gasteiger partial charge >= 0.3 is 5.97 Å². The van der Waals surface area contributed by atoms with Gasteiger partial charge in [0.15, 0.2) is 5.78 Å². The molecule has 4 aliphatic carbocycles. The van der Waals surface area contributed by atoms with Gasteiger partial charge in [0.25, 0.3) is 0 Å². The van der Waals surface area contributed by atoms with Crippen LogP contribution in [0.15, 0.2) is 24.3 Å². The molecule has 0 amide bonds. The predicted molar refractivity (Wildman–Crippen MR) is 152 cm³/mol. The molecular weight excluding hydrogens is 488 g/mol. The summed E-state index contributed by atoms with van der Waals surface area (Å²) in [5, 5.41) is 21.5. The van der Waals surface area contributed by atoms with Gasteiger partial charge in [-0.05, 0) is 116 Å². The summed E-state index contributed by atoms with van der Waals surface area (Å²) in [6.45, 7) is 7.06. The first-order chi connectivity index (χ1) is 18.6. The number of hydrogen-bond acceptors (Lipinski definition) is 5. The van der Waals surface area contributed by atoms with Gasteiger partial charge < -0.3 is 14.9 Å². The zero-order chi connectivity index (χ0) is 27.9. The molecule has 10 unspecified atom stereocenters. The minimum Gasteiger partial charge on any atom is -0.469 e. The molecule has 4 fully saturated rings. The maximum absolute atomic E-state index is 13.2. The third-order valence-corrected chi connectivity index (χ3v) is 12.6. The number of aliphatic hydroxyl groups is 2. The Kier molecular flexibility index (Phi) is 8.33. The summed E-state index contributed by atoms with van der Waals surface area (Å²) in [4.78, 5) is 25.0. The van der Waals surface area contributed by atoms with E-state index in [4.69, 9.17) is 4.74 Å². The average molecular weight is 539 g/mol. The average Bonchev–Trinajstić information content (AvgIpc) is 3.31. The summed E-state index contributed by atoms with van der Waals surface area (Å²) < 4.78 is 4.89. The molecule has 0 radical (unpaired) electrons. The third-order valence-electron chi connectivity index (χ3n) is 12.6. The fraction of sp³-hybridized carbons (Fsp3) is 0.765. The van der Waals surface area contributed by atoms with Crippen molar-refractivity contribution in [2.24, 2.45) is 52.3 Å². The summed E-state index contributed by atoms with van der Waals surface area (Å²) in [7, 11) is 1.46. The summed E-state index contributed by atoms with van der Waals surface area (Å²) in [5.41, 5.74) is 1.59. The molecule has 5 heteroatoms. The number of benzene rings is 1. The quantitative estimate of drug-likeness (QED) is 0.288. The van der Waals surface area contributed by atoms with E-state index in [2.05, 4.69) is 20.8 Å². The molecule has 5 rings (SSSR count). The van der Waals surface area contributed by atoms with E-state index in [0.717, 1.165) is 44.1 Å². The minimum atomic E-state index is -0.290. The lowest BCUT2D eigenvalue weighted by Gasteiger charge is -2.62. The molecular formula is C34H50O5. The van der Waals surface area contributed by atoms with E-state index in [-0.39, 0.29) is 35.3 Å². The van der Waals surface area contributed by atoms with Crippen molar-refractivity contribution < 1.29 is 24.5 Å². The lowest BCUT2D eigenvalue weighted by molar-refractivity contribution is -0.171. The van der Waals surface area contributed by atoms with Crippen LogP contribution in [0.5, 0.6) is 0 Å². The van der Waals surface area contributed by atoms with E-state index in [0.29, 0.717) is 59.8 Å². The van der Waals surface area contributed by atoms with E-state index in [9.17, 15) is 19.8 Å². The van der Waals surface area contributed by atoms with Crippen LogP contribution in [0.4, 0.5) is 0 Å². The molecule has 4 saturated carbocycles. The van der Waals surface area contributed by atoms with Crippen molar-refractivity contribution in [3.8, 4) is 0 Å². The standard InChI is InChI=1S/C34H50O5/c1-21(9-14-32(38)39-4)27-12-13-28-26-11-10-24-17-22(18-30(36)25-8-6-5-7-23(25)20-35)15-16-33(24,2)29(26)19-31(37)34(27,28)3/h5-8,21-22,24,26-29,31,35,37H,9-20H2,1-4H3. The number of hydrogen-bond donors (Lipinski definition) is 2. The Morgan fingerprint density at radius 2 is 1.82 bits per heavy atom. The first-order valence-electron chi connectivity index (χ1n) is 15.6. The Bertz CT molecular complexity index is 1050. The summed E-state index contributed by atoms with van der Waals surface area (Å²) in [6, 6.07) is 7.48. The van der Waals surface area contributed by atoms with E-state index >= 15 is 0 Å². The van der Waals surface area contributed by atoms with Crippen LogP contribution in [0.3, 0.4) is 0 Å². The van der Waals surface area contributed by atoms with E-state index in [1.165, 1.54) is 26.4 Å². The number of ketones is 1. The van der Waals surface area contributed by atoms with Crippen LogP contribution >= 0.6 is 0 Å². The molecule has 0 bridgehead atoms. The van der Waals surface area contributed by atoms with Crippen molar-refractivity contribution in [3.63, 3.8) is 0 Å². The van der Waals surface area contributed by atoms with Crippen molar-refractivity contribution in [1.82, 2.24) is 0 Å². The van der Waals surface area contributed by atoms with Gasteiger partial charge in [-0.25, -0.2) is 0 Å². The van der Waals surface area contributed by atoms with Crippen molar-refractivity contribution in [3.05, 3.63) is 35.4 Å². The molecule has 216 valence electrons. The number of rotatable bonds is 8. The number of carbonyl (C=O) groups is 2. The first-order valence-corrected chi connectivity index (χ1v) is 15.6. The Morgan fingerprint density at radius 1 is 1.05 bits per heavy atom. The summed E-state index contributed by atoms with van der Waals surface area (Å²) in [6.07, 6.45) is 10.7. The fourth-order valence-corrected chi connectivity index (χ4v) is 10.4. The number of esters is 1. The molecule has 1 aromatic rings.